The number of benzene rings is 1. The Morgan fingerprint density at radius 2 is 1.94 bits per heavy atom. The zero-order valence-electron chi connectivity index (χ0n) is 10.1. The van der Waals surface area contributed by atoms with Crippen molar-refractivity contribution in [3.05, 3.63) is 23.8 Å². The van der Waals surface area contributed by atoms with Crippen LogP contribution in [0.4, 0.5) is 0 Å². The number of hydrogen-bond donors (Lipinski definition) is 1. The highest BCUT2D eigenvalue weighted by Crippen LogP contribution is 2.36. The van der Waals surface area contributed by atoms with Gasteiger partial charge in [0.15, 0.2) is 11.5 Å². The molecule has 1 aromatic carbocycles. The lowest BCUT2D eigenvalue weighted by molar-refractivity contribution is 0.174. The van der Waals surface area contributed by atoms with E-state index in [1.165, 1.54) is 12.8 Å². The van der Waals surface area contributed by atoms with Gasteiger partial charge in [0.25, 0.3) is 0 Å². The van der Waals surface area contributed by atoms with E-state index in [4.69, 9.17) is 27.4 Å². The number of nitrogens with two attached hydrogens (primary N) is 1. The number of fused-ring (bicyclic) bond motifs is 1. The van der Waals surface area contributed by atoms with Gasteiger partial charge in [-0.3, -0.25) is 4.90 Å². The zero-order chi connectivity index (χ0) is 12.5. The Bertz CT molecular complexity index is 472. The highest BCUT2D eigenvalue weighted by Gasteiger charge is 2.27. The van der Waals surface area contributed by atoms with Gasteiger partial charge in [-0.25, -0.2) is 0 Å². The summed E-state index contributed by atoms with van der Waals surface area (Å²) in [6, 6.07) is 5.95. The fraction of sp³-hybridized carbons (Fsp3) is 0.462. The standard InChI is InChI=1S/C13H16N2O2S/c14-13(18)12(15-5-1-2-6-15)9-3-4-10-11(7-9)17-8-16-10/h3-4,7,12H,1-2,5-6,8H2,(H2,14,18). The first-order valence-corrected chi connectivity index (χ1v) is 6.59. The van der Waals surface area contributed by atoms with Gasteiger partial charge in [-0.2, -0.15) is 0 Å². The zero-order valence-corrected chi connectivity index (χ0v) is 10.9. The maximum absolute atomic E-state index is 5.91. The second-order valence-electron chi connectivity index (χ2n) is 4.66. The van der Waals surface area contributed by atoms with Gasteiger partial charge in [0.1, 0.15) is 0 Å². The van der Waals surface area contributed by atoms with Crippen LogP contribution in [0, 0.1) is 0 Å². The van der Waals surface area contributed by atoms with Crippen LogP contribution in [-0.2, 0) is 0 Å². The van der Waals surface area contributed by atoms with E-state index in [-0.39, 0.29) is 6.04 Å². The monoisotopic (exact) mass is 264 g/mol. The summed E-state index contributed by atoms with van der Waals surface area (Å²) in [5.74, 6) is 1.58. The van der Waals surface area contributed by atoms with Gasteiger partial charge in [0, 0.05) is 0 Å². The second kappa shape index (κ2) is 4.74. The Morgan fingerprint density at radius 3 is 2.67 bits per heavy atom. The summed E-state index contributed by atoms with van der Waals surface area (Å²) >= 11 is 5.23. The molecular weight excluding hydrogens is 248 g/mol. The molecule has 4 nitrogen and oxygen atoms in total. The van der Waals surface area contributed by atoms with E-state index in [0.717, 1.165) is 30.2 Å². The van der Waals surface area contributed by atoms with Crippen molar-refractivity contribution in [3.8, 4) is 11.5 Å². The van der Waals surface area contributed by atoms with Gasteiger partial charge in [-0.05, 0) is 43.6 Å². The first-order chi connectivity index (χ1) is 8.75. The Hall–Kier alpha value is -1.33. The lowest BCUT2D eigenvalue weighted by Crippen LogP contribution is -2.34. The number of rotatable bonds is 3. The van der Waals surface area contributed by atoms with E-state index in [2.05, 4.69) is 4.90 Å². The Kier molecular flexibility index (Phi) is 3.09. The molecule has 2 N–H and O–H groups in total. The van der Waals surface area contributed by atoms with Crippen LogP contribution in [0.3, 0.4) is 0 Å². The average molecular weight is 264 g/mol. The van der Waals surface area contributed by atoms with E-state index >= 15 is 0 Å². The van der Waals surface area contributed by atoms with Crippen molar-refractivity contribution in [2.24, 2.45) is 5.73 Å². The molecule has 3 rings (SSSR count). The summed E-state index contributed by atoms with van der Waals surface area (Å²) in [6.45, 7) is 2.40. The summed E-state index contributed by atoms with van der Waals surface area (Å²) in [4.78, 5) is 2.86. The molecule has 1 fully saturated rings. The van der Waals surface area contributed by atoms with Crippen LogP contribution in [0.15, 0.2) is 18.2 Å². The smallest absolute Gasteiger partial charge is 0.231 e. The van der Waals surface area contributed by atoms with Crippen molar-refractivity contribution in [1.82, 2.24) is 4.90 Å². The third-order valence-electron chi connectivity index (χ3n) is 3.49. The number of nitrogens with zero attached hydrogens (tertiary/aromatic N) is 1. The lowest BCUT2D eigenvalue weighted by Gasteiger charge is -2.26. The van der Waals surface area contributed by atoms with Crippen LogP contribution in [0.25, 0.3) is 0 Å². The Balaban J connectivity index is 1.92. The number of hydrogen-bond acceptors (Lipinski definition) is 4. The molecule has 0 bridgehead atoms. The molecule has 2 heterocycles. The van der Waals surface area contributed by atoms with Crippen LogP contribution < -0.4 is 15.2 Å². The fourth-order valence-electron chi connectivity index (χ4n) is 2.64. The largest absolute Gasteiger partial charge is 0.454 e. The van der Waals surface area contributed by atoms with Gasteiger partial charge < -0.3 is 15.2 Å². The Labute approximate surface area is 112 Å². The normalized spacial score (nSPS) is 20.0. The molecule has 0 spiro atoms. The van der Waals surface area contributed by atoms with Gasteiger partial charge in [0.05, 0.1) is 11.0 Å². The highest BCUT2D eigenvalue weighted by molar-refractivity contribution is 7.80. The molecule has 96 valence electrons. The maximum atomic E-state index is 5.91. The molecule has 0 amide bonds. The quantitative estimate of drug-likeness (QED) is 0.844. The Morgan fingerprint density at radius 1 is 1.22 bits per heavy atom. The molecule has 0 aromatic heterocycles. The fourth-order valence-corrected chi connectivity index (χ4v) is 2.92. The van der Waals surface area contributed by atoms with Gasteiger partial charge in [-0.1, -0.05) is 18.3 Å². The first kappa shape index (κ1) is 11.7. The third-order valence-corrected chi connectivity index (χ3v) is 3.71. The predicted molar refractivity (Wildman–Crippen MR) is 72.9 cm³/mol. The molecule has 0 aliphatic carbocycles. The molecule has 18 heavy (non-hydrogen) atoms. The lowest BCUT2D eigenvalue weighted by atomic mass is 10.0. The molecule has 0 radical (unpaired) electrons. The maximum Gasteiger partial charge on any atom is 0.231 e. The summed E-state index contributed by atoms with van der Waals surface area (Å²) in [6.07, 6.45) is 2.42. The van der Waals surface area contributed by atoms with Crippen molar-refractivity contribution in [3.63, 3.8) is 0 Å². The second-order valence-corrected chi connectivity index (χ2v) is 5.13. The molecule has 5 heteroatoms. The minimum Gasteiger partial charge on any atom is -0.454 e. The van der Waals surface area contributed by atoms with Crippen molar-refractivity contribution in [2.45, 2.75) is 18.9 Å². The molecular formula is C13H16N2O2S. The number of likely N-dealkylation sites (tertiary alicyclic amines) is 1. The van der Waals surface area contributed by atoms with Gasteiger partial charge in [0.2, 0.25) is 6.79 Å². The molecule has 1 aromatic rings. The number of ether oxygens (including phenoxy) is 2. The van der Waals surface area contributed by atoms with E-state index in [1.807, 2.05) is 18.2 Å². The van der Waals surface area contributed by atoms with E-state index < -0.39 is 0 Å². The van der Waals surface area contributed by atoms with Gasteiger partial charge >= 0.3 is 0 Å². The van der Waals surface area contributed by atoms with Crippen molar-refractivity contribution in [1.29, 1.82) is 0 Å². The molecule has 1 atom stereocenters. The summed E-state index contributed by atoms with van der Waals surface area (Å²) in [5, 5.41) is 0. The van der Waals surface area contributed by atoms with Crippen LogP contribution in [0.5, 0.6) is 11.5 Å². The average Bonchev–Trinajstić information content (AvgIpc) is 2.98. The summed E-state index contributed by atoms with van der Waals surface area (Å²) in [5.41, 5.74) is 7.00. The topological polar surface area (TPSA) is 47.7 Å². The minimum atomic E-state index is 0.0111. The molecule has 2 aliphatic rings. The van der Waals surface area contributed by atoms with Crippen molar-refractivity contribution < 1.29 is 9.47 Å². The third kappa shape index (κ3) is 2.04. The minimum absolute atomic E-state index is 0.0111. The van der Waals surface area contributed by atoms with Crippen LogP contribution in [0.1, 0.15) is 24.4 Å². The molecule has 0 saturated carbocycles. The molecule has 1 unspecified atom stereocenters. The SMILES string of the molecule is NC(=S)C(c1ccc2c(c1)OCO2)N1CCCC1. The van der Waals surface area contributed by atoms with E-state index in [0.29, 0.717) is 11.8 Å². The van der Waals surface area contributed by atoms with Crippen molar-refractivity contribution in [2.75, 3.05) is 19.9 Å². The van der Waals surface area contributed by atoms with Crippen molar-refractivity contribution >= 4 is 17.2 Å². The van der Waals surface area contributed by atoms with Crippen LogP contribution in [-0.4, -0.2) is 29.8 Å². The predicted octanol–water partition coefficient (Wildman–Crippen LogP) is 1.84. The van der Waals surface area contributed by atoms with Gasteiger partial charge in [-0.15, -0.1) is 0 Å². The number of thiocarbonyl (C=S) groups is 1. The highest BCUT2D eigenvalue weighted by atomic mass is 32.1. The van der Waals surface area contributed by atoms with E-state index in [1.54, 1.807) is 0 Å². The van der Waals surface area contributed by atoms with Crippen LogP contribution >= 0.6 is 12.2 Å². The molecule has 2 aliphatic heterocycles. The summed E-state index contributed by atoms with van der Waals surface area (Å²) < 4.78 is 10.7. The first-order valence-electron chi connectivity index (χ1n) is 6.18. The van der Waals surface area contributed by atoms with Crippen LogP contribution in [0.2, 0.25) is 0 Å². The molecule has 1 saturated heterocycles. The van der Waals surface area contributed by atoms with E-state index in [9.17, 15) is 0 Å². The summed E-state index contributed by atoms with van der Waals surface area (Å²) in [7, 11) is 0.